The minimum atomic E-state index is 0.623. The molecule has 0 bridgehead atoms. The van der Waals surface area contributed by atoms with Crippen LogP contribution in [0, 0.1) is 0 Å². The molecule has 0 aliphatic carbocycles. The monoisotopic (exact) mass is 670 g/mol. The van der Waals surface area contributed by atoms with Crippen LogP contribution in [0.5, 0.6) is 0 Å². The minimum Gasteiger partial charge on any atom is -0.245 e. The summed E-state index contributed by atoms with van der Waals surface area (Å²) in [5.74, 6) is 1.90. The van der Waals surface area contributed by atoms with Crippen molar-refractivity contribution >= 4 is 53.3 Å². The van der Waals surface area contributed by atoms with E-state index in [4.69, 9.17) is 29.9 Å². The molecule has 0 fully saturated rings. The van der Waals surface area contributed by atoms with Gasteiger partial charge in [0, 0.05) is 39.4 Å². The Morgan fingerprint density at radius 1 is 0.392 bits per heavy atom. The van der Waals surface area contributed by atoms with Crippen molar-refractivity contribution < 1.29 is 0 Å². The normalized spacial score (nSPS) is 11.5. The van der Waals surface area contributed by atoms with Crippen molar-refractivity contribution in [3.8, 4) is 56.5 Å². The summed E-state index contributed by atoms with van der Waals surface area (Å²) in [5, 5.41) is 5.88. The number of nitrogens with zero attached hydrogens (tertiary/aromatic N) is 6. The number of hydrogen-bond donors (Lipinski definition) is 0. The van der Waals surface area contributed by atoms with Gasteiger partial charge in [-0.05, 0) is 51.4 Å². The Morgan fingerprint density at radius 2 is 0.941 bits per heavy atom. The number of thiophene rings is 1. The lowest BCUT2D eigenvalue weighted by Crippen LogP contribution is -2.00. The largest absolute Gasteiger partial charge is 0.245 e. The molecular formula is C44H26N6S. The van der Waals surface area contributed by atoms with Gasteiger partial charge in [-0.3, -0.25) is 0 Å². The van der Waals surface area contributed by atoms with E-state index >= 15 is 0 Å². The first-order valence-corrected chi connectivity index (χ1v) is 17.5. The molecule has 6 aromatic carbocycles. The summed E-state index contributed by atoms with van der Waals surface area (Å²) in [7, 11) is 0. The topological polar surface area (TPSA) is 77.3 Å². The third kappa shape index (κ3) is 5.28. The predicted octanol–water partition coefficient (Wildman–Crippen LogP) is 11.1. The second-order valence-corrected chi connectivity index (χ2v) is 13.5. The molecule has 10 aromatic rings. The molecule has 0 aliphatic heterocycles. The molecule has 0 radical (unpaired) electrons. The predicted molar refractivity (Wildman–Crippen MR) is 208 cm³/mol. The molecule has 0 amide bonds. The van der Waals surface area contributed by atoms with E-state index in [0.29, 0.717) is 17.5 Å². The van der Waals surface area contributed by atoms with Crippen LogP contribution >= 0.6 is 11.3 Å². The number of benzene rings is 6. The number of aromatic nitrogens is 6. The molecule has 0 atom stereocenters. The Labute approximate surface area is 296 Å². The molecule has 0 saturated heterocycles. The van der Waals surface area contributed by atoms with Gasteiger partial charge < -0.3 is 0 Å². The van der Waals surface area contributed by atoms with Gasteiger partial charge in [0.15, 0.2) is 17.5 Å². The first-order valence-electron chi connectivity index (χ1n) is 16.7. The van der Waals surface area contributed by atoms with Crippen LogP contribution in [-0.4, -0.2) is 29.9 Å². The van der Waals surface area contributed by atoms with Crippen molar-refractivity contribution in [1.29, 1.82) is 0 Å². The lowest BCUT2D eigenvalue weighted by atomic mass is 10.0. The lowest BCUT2D eigenvalue weighted by molar-refractivity contribution is 1.07. The molecule has 7 heteroatoms. The number of rotatable bonds is 5. The van der Waals surface area contributed by atoms with E-state index in [-0.39, 0.29) is 0 Å². The summed E-state index contributed by atoms with van der Waals surface area (Å²) in [6.45, 7) is 0. The first kappa shape index (κ1) is 29.2. The van der Waals surface area contributed by atoms with E-state index in [9.17, 15) is 0 Å². The molecule has 0 unspecified atom stereocenters. The lowest BCUT2D eigenvalue weighted by Gasteiger charge is -2.09. The van der Waals surface area contributed by atoms with Crippen LogP contribution in [0.3, 0.4) is 0 Å². The third-order valence-electron chi connectivity index (χ3n) is 9.26. The van der Waals surface area contributed by atoms with Crippen LogP contribution in [0.1, 0.15) is 0 Å². The Kier molecular flexibility index (Phi) is 6.89. The zero-order valence-electron chi connectivity index (χ0n) is 27.1. The fourth-order valence-electron chi connectivity index (χ4n) is 6.66. The van der Waals surface area contributed by atoms with E-state index in [1.54, 1.807) is 17.7 Å². The number of fused-ring (bicyclic) bond motifs is 5. The fraction of sp³-hybridized carbons (Fsp3) is 0. The summed E-state index contributed by atoms with van der Waals surface area (Å²) in [6, 6.07) is 50.1. The van der Waals surface area contributed by atoms with E-state index in [2.05, 4.69) is 84.9 Å². The van der Waals surface area contributed by atoms with Crippen molar-refractivity contribution in [2.24, 2.45) is 0 Å². The summed E-state index contributed by atoms with van der Waals surface area (Å²) < 4.78 is 1.03. The highest BCUT2D eigenvalue weighted by atomic mass is 32.1. The molecule has 0 spiro atoms. The van der Waals surface area contributed by atoms with Gasteiger partial charge >= 0.3 is 0 Å². The quantitative estimate of drug-likeness (QED) is 0.170. The Bertz CT molecular complexity index is 2850. The summed E-state index contributed by atoms with van der Waals surface area (Å²) >= 11 is 1.64. The summed E-state index contributed by atoms with van der Waals surface area (Å²) in [6.07, 6.45) is 3.60. The van der Waals surface area contributed by atoms with Crippen LogP contribution < -0.4 is 0 Å². The number of pyridine rings is 1. The van der Waals surface area contributed by atoms with Crippen molar-refractivity contribution in [1.82, 2.24) is 29.9 Å². The Morgan fingerprint density at radius 3 is 1.61 bits per heavy atom. The zero-order chi connectivity index (χ0) is 33.7. The third-order valence-corrected chi connectivity index (χ3v) is 10.4. The first-order chi connectivity index (χ1) is 25.2. The molecular weight excluding hydrogens is 645 g/mol. The van der Waals surface area contributed by atoms with Gasteiger partial charge in [0.05, 0.1) is 15.9 Å². The van der Waals surface area contributed by atoms with E-state index < -0.39 is 0 Å². The van der Waals surface area contributed by atoms with Crippen molar-refractivity contribution in [3.63, 3.8) is 0 Å². The molecule has 10 rings (SSSR count). The molecule has 6 nitrogen and oxygen atoms in total. The zero-order valence-corrected chi connectivity index (χ0v) is 27.9. The molecule has 51 heavy (non-hydrogen) atoms. The highest BCUT2D eigenvalue weighted by molar-refractivity contribution is 7.25. The van der Waals surface area contributed by atoms with Crippen molar-refractivity contribution in [2.75, 3.05) is 0 Å². The van der Waals surface area contributed by atoms with Crippen molar-refractivity contribution in [2.45, 2.75) is 0 Å². The molecule has 4 aromatic heterocycles. The fourth-order valence-corrected chi connectivity index (χ4v) is 7.75. The SMILES string of the molecule is c1ccc(-c2nc(-c3ccccc3)nc(-c3ccc(-c4cnc5sc6c(-c7ccc8cc9ccccc9cc8c7)ncnc6c5c4)cc3)n2)cc1. The average Bonchev–Trinajstić information content (AvgIpc) is 3.59. The second-order valence-electron chi connectivity index (χ2n) is 12.5. The Balaban J connectivity index is 1.02. The Hall–Kier alpha value is -6.70. The molecule has 4 heterocycles. The van der Waals surface area contributed by atoms with Gasteiger partial charge in [0.2, 0.25) is 0 Å². The molecule has 0 saturated carbocycles. The summed E-state index contributed by atoms with van der Waals surface area (Å²) in [4.78, 5) is 30.0. The highest BCUT2D eigenvalue weighted by Gasteiger charge is 2.16. The van der Waals surface area contributed by atoms with Gasteiger partial charge in [-0.25, -0.2) is 29.9 Å². The standard InChI is InChI=1S/C44H26N6S/c1-3-9-28(10-4-1)41-48-42(29-11-5-2-6-12-29)50-43(49-41)30-17-15-27(16-18-30)36-24-37-39-40(51-44(37)45-25-36)38(46-26-47-39)34-20-19-33-21-31-13-7-8-14-32(31)22-35(33)23-34/h1-26H. The maximum Gasteiger partial charge on any atom is 0.164 e. The maximum atomic E-state index is 4.90. The van der Waals surface area contributed by atoms with Crippen LogP contribution in [-0.2, 0) is 0 Å². The molecule has 0 N–H and O–H groups in total. The maximum absolute atomic E-state index is 4.90. The van der Waals surface area contributed by atoms with E-state index in [1.807, 2.05) is 66.9 Å². The minimum absolute atomic E-state index is 0.623. The smallest absolute Gasteiger partial charge is 0.164 e. The van der Waals surface area contributed by atoms with Gasteiger partial charge in [-0.1, -0.05) is 121 Å². The van der Waals surface area contributed by atoms with Crippen LogP contribution in [0.25, 0.3) is 98.5 Å². The van der Waals surface area contributed by atoms with Crippen LogP contribution in [0.4, 0.5) is 0 Å². The number of hydrogen-bond acceptors (Lipinski definition) is 7. The van der Waals surface area contributed by atoms with Crippen LogP contribution in [0.2, 0.25) is 0 Å². The second kappa shape index (κ2) is 12.0. The highest BCUT2D eigenvalue weighted by Crippen LogP contribution is 2.39. The van der Waals surface area contributed by atoms with Gasteiger partial charge in [-0.15, -0.1) is 11.3 Å². The average molecular weight is 671 g/mol. The van der Waals surface area contributed by atoms with Gasteiger partial charge in [0.25, 0.3) is 0 Å². The van der Waals surface area contributed by atoms with Gasteiger partial charge in [-0.2, -0.15) is 0 Å². The summed E-state index contributed by atoms with van der Waals surface area (Å²) in [5.41, 5.74) is 7.75. The van der Waals surface area contributed by atoms with Gasteiger partial charge in [0.1, 0.15) is 11.2 Å². The molecule has 0 aliphatic rings. The van der Waals surface area contributed by atoms with Crippen molar-refractivity contribution in [3.05, 3.63) is 158 Å². The van der Waals surface area contributed by atoms with E-state index in [1.165, 1.54) is 21.5 Å². The molecule has 238 valence electrons. The van der Waals surface area contributed by atoms with Crippen LogP contribution in [0.15, 0.2) is 158 Å². The van der Waals surface area contributed by atoms with E-state index in [0.717, 1.165) is 59.5 Å².